The van der Waals surface area contributed by atoms with Crippen LogP contribution in [0.15, 0.2) is 23.2 Å². The highest BCUT2D eigenvalue weighted by atomic mass is 127. The van der Waals surface area contributed by atoms with Crippen LogP contribution in [0.5, 0.6) is 5.75 Å². The number of halogens is 1. The highest BCUT2D eigenvalue weighted by Gasteiger charge is 2.23. The van der Waals surface area contributed by atoms with Gasteiger partial charge in [-0.25, -0.2) is 0 Å². The minimum Gasteiger partial charge on any atom is -0.493 e. The van der Waals surface area contributed by atoms with Crippen LogP contribution in [0.3, 0.4) is 0 Å². The number of benzene rings is 1. The lowest BCUT2D eigenvalue weighted by Gasteiger charge is -2.37. The normalized spacial score (nSPS) is 18.2. The molecule has 0 amide bonds. The molecule has 1 aromatic carbocycles. The number of aliphatic imine (C=N–C) groups is 1. The first kappa shape index (κ1) is 23.2. The van der Waals surface area contributed by atoms with Gasteiger partial charge in [0, 0.05) is 45.7 Å². The van der Waals surface area contributed by atoms with Crippen molar-refractivity contribution in [1.82, 2.24) is 15.5 Å². The third-order valence-electron chi connectivity index (χ3n) is 5.45. The van der Waals surface area contributed by atoms with E-state index in [2.05, 4.69) is 52.6 Å². The van der Waals surface area contributed by atoms with Gasteiger partial charge in [-0.1, -0.05) is 26.0 Å². The van der Waals surface area contributed by atoms with Gasteiger partial charge in [-0.05, 0) is 29.5 Å². The largest absolute Gasteiger partial charge is 0.493 e. The Kier molecular flexibility index (Phi) is 9.81. The van der Waals surface area contributed by atoms with E-state index in [0.29, 0.717) is 12.0 Å². The molecule has 2 N–H and O–H groups in total. The van der Waals surface area contributed by atoms with E-state index in [4.69, 9.17) is 9.47 Å². The fourth-order valence-corrected chi connectivity index (χ4v) is 3.84. The Morgan fingerprint density at radius 2 is 1.96 bits per heavy atom. The van der Waals surface area contributed by atoms with Gasteiger partial charge in [-0.15, -0.1) is 24.0 Å². The summed E-state index contributed by atoms with van der Waals surface area (Å²) in [5.41, 5.74) is 2.68. The van der Waals surface area contributed by atoms with Crippen LogP contribution in [0.2, 0.25) is 0 Å². The lowest BCUT2D eigenvalue weighted by molar-refractivity contribution is 0.00752. The van der Waals surface area contributed by atoms with E-state index in [-0.39, 0.29) is 24.0 Å². The molecule has 0 bridgehead atoms. The van der Waals surface area contributed by atoms with Crippen LogP contribution in [0.1, 0.15) is 25.0 Å². The first-order valence-electron chi connectivity index (χ1n) is 10.2. The Bertz CT molecular complexity index is 633. The van der Waals surface area contributed by atoms with Crippen molar-refractivity contribution in [3.05, 3.63) is 29.3 Å². The van der Waals surface area contributed by atoms with Gasteiger partial charge in [0.05, 0.1) is 19.8 Å². The molecular weight excluding hydrogens is 467 g/mol. The maximum absolute atomic E-state index is 5.58. The molecule has 3 rings (SSSR count). The van der Waals surface area contributed by atoms with Gasteiger partial charge >= 0.3 is 0 Å². The molecule has 2 aliphatic rings. The lowest BCUT2D eigenvalue weighted by Crippen LogP contribution is -2.52. The summed E-state index contributed by atoms with van der Waals surface area (Å²) >= 11 is 0. The maximum atomic E-state index is 5.58. The molecule has 158 valence electrons. The summed E-state index contributed by atoms with van der Waals surface area (Å²) in [6, 6.07) is 7.02. The average molecular weight is 502 g/mol. The average Bonchev–Trinajstić information content (AvgIpc) is 3.15. The molecule has 28 heavy (non-hydrogen) atoms. The molecule has 0 radical (unpaired) electrons. The van der Waals surface area contributed by atoms with E-state index in [0.717, 1.165) is 70.6 Å². The number of fused-ring (bicyclic) bond motifs is 1. The van der Waals surface area contributed by atoms with Gasteiger partial charge in [-0.3, -0.25) is 9.89 Å². The fraction of sp³-hybridized carbons (Fsp3) is 0.667. The van der Waals surface area contributed by atoms with Crippen molar-refractivity contribution in [1.29, 1.82) is 0 Å². The van der Waals surface area contributed by atoms with E-state index in [1.807, 2.05) is 7.05 Å². The summed E-state index contributed by atoms with van der Waals surface area (Å²) in [5, 5.41) is 6.96. The number of hydrogen-bond donors (Lipinski definition) is 2. The predicted molar refractivity (Wildman–Crippen MR) is 125 cm³/mol. The quantitative estimate of drug-likeness (QED) is 0.341. The van der Waals surface area contributed by atoms with Crippen LogP contribution in [0, 0.1) is 5.92 Å². The van der Waals surface area contributed by atoms with Crippen molar-refractivity contribution in [2.24, 2.45) is 10.9 Å². The first-order chi connectivity index (χ1) is 13.2. The number of guanidine groups is 1. The van der Waals surface area contributed by atoms with Crippen molar-refractivity contribution < 1.29 is 9.47 Å². The molecule has 0 spiro atoms. The zero-order valence-electron chi connectivity index (χ0n) is 17.4. The number of hydrogen-bond acceptors (Lipinski definition) is 4. The van der Waals surface area contributed by atoms with E-state index in [1.165, 1.54) is 11.1 Å². The fourth-order valence-electron chi connectivity index (χ4n) is 3.84. The van der Waals surface area contributed by atoms with Crippen LogP contribution in [0.4, 0.5) is 0 Å². The second kappa shape index (κ2) is 11.8. The second-order valence-corrected chi connectivity index (χ2v) is 7.63. The van der Waals surface area contributed by atoms with Crippen LogP contribution in [-0.2, 0) is 17.6 Å². The van der Waals surface area contributed by atoms with Crippen molar-refractivity contribution in [2.45, 2.75) is 32.7 Å². The molecule has 2 aliphatic heterocycles. The maximum Gasteiger partial charge on any atom is 0.191 e. The van der Waals surface area contributed by atoms with Gasteiger partial charge in [0.1, 0.15) is 5.75 Å². The van der Waals surface area contributed by atoms with Crippen molar-refractivity contribution in [3.63, 3.8) is 0 Å². The summed E-state index contributed by atoms with van der Waals surface area (Å²) < 4.78 is 11.1. The van der Waals surface area contributed by atoms with Gasteiger partial charge in [0.2, 0.25) is 0 Å². The summed E-state index contributed by atoms with van der Waals surface area (Å²) in [5.74, 6) is 2.51. The number of ether oxygens (including phenoxy) is 2. The zero-order valence-corrected chi connectivity index (χ0v) is 19.7. The monoisotopic (exact) mass is 502 g/mol. The molecule has 7 heteroatoms. The van der Waals surface area contributed by atoms with E-state index in [1.54, 1.807) is 0 Å². The smallest absolute Gasteiger partial charge is 0.191 e. The van der Waals surface area contributed by atoms with Gasteiger partial charge in [-0.2, -0.15) is 0 Å². The van der Waals surface area contributed by atoms with Crippen molar-refractivity contribution in [2.75, 3.05) is 53.0 Å². The molecule has 6 nitrogen and oxygen atoms in total. The SMILES string of the molecule is CN=C(NCCc1ccc2c(c1)CCO2)NCC(C(C)C)N1CCOCC1.I. The summed E-state index contributed by atoms with van der Waals surface area (Å²) in [6.07, 6.45) is 2.00. The Morgan fingerprint density at radius 3 is 2.68 bits per heavy atom. The lowest BCUT2D eigenvalue weighted by atomic mass is 10.0. The van der Waals surface area contributed by atoms with Crippen LogP contribution in [-0.4, -0.2) is 69.9 Å². The summed E-state index contributed by atoms with van der Waals surface area (Å²) in [7, 11) is 1.83. The molecule has 0 aromatic heterocycles. The predicted octanol–water partition coefficient (Wildman–Crippen LogP) is 2.30. The number of rotatable bonds is 7. The minimum atomic E-state index is 0. The Hall–Kier alpha value is -1.06. The van der Waals surface area contributed by atoms with Crippen molar-refractivity contribution >= 4 is 29.9 Å². The number of nitrogens with one attached hydrogen (secondary N) is 2. The topological polar surface area (TPSA) is 58.1 Å². The molecule has 1 aromatic rings. The summed E-state index contributed by atoms with van der Waals surface area (Å²) in [6.45, 7) is 10.8. The molecule has 0 aliphatic carbocycles. The minimum absolute atomic E-state index is 0. The number of morpholine rings is 1. The van der Waals surface area contributed by atoms with E-state index < -0.39 is 0 Å². The highest BCUT2D eigenvalue weighted by Crippen LogP contribution is 2.25. The molecule has 1 atom stereocenters. The van der Waals surface area contributed by atoms with Gasteiger partial charge < -0.3 is 20.1 Å². The molecule has 1 saturated heterocycles. The highest BCUT2D eigenvalue weighted by molar-refractivity contribution is 14.0. The molecule has 2 heterocycles. The molecular formula is C21H35IN4O2. The van der Waals surface area contributed by atoms with E-state index in [9.17, 15) is 0 Å². The third-order valence-corrected chi connectivity index (χ3v) is 5.45. The van der Waals surface area contributed by atoms with Gasteiger partial charge in [0.15, 0.2) is 5.96 Å². The van der Waals surface area contributed by atoms with Crippen molar-refractivity contribution in [3.8, 4) is 5.75 Å². The Morgan fingerprint density at radius 1 is 1.18 bits per heavy atom. The zero-order chi connectivity index (χ0) is 19.1. The molecule has 1 fully saturated rings. The van der Waals surface area contributed by atoms with Gasteiger partial charge in [0.25, 0.3) is 0 Å². The molecule has 1 unspecified atom stereocenters. The van der Waals surface area contributed by atoms with E-state index >= 15 is 0 Å². The Balaban J connectivity index is 0.00000280. The van der Waals surface area contributed by atoms with Crippen LogP contribution >= 0.6 is 24.0 Å². The standard InChI is InChI=1S/C21H34N4O2.HI/c1-16(2)19(25-9-12-26-13-10-25)15-24-21(22-3)23-8-6-17-4-5-20-18(14-17)7-11-27-20;/h4-5,14,16,19H,6-13,15H2,1-3H3,(H2,22,23,24);1H. The summed E-state index contributed by atoms with van der Waals surface area (Å²) in [4.78, 5) is 6.91. The van der Waals surface area contributed by atoms with Crippen LogP contribution < -0.4 is 15.4 Å². The Labute approximate surface area is 186 Å². The molecule has 0 saturated carbocycles. The first-order valence-corrected chi connectivity index (χ1v) is 10.2. The van der Waals surface area contributed by atoms with Crippen LogP contribution in [0.25, 0.3) is 0 Å². The third kappa shape index (κ3) is 6.49. The second-order valence-electron chi connectivity index (χ2n) is 7.63. The number of nitrogens with zero attached hydrogens (tertiary/aromatic N) is 2.